The average molecular weight is 373 g/mol. The van der Waals surface area contributed by atoms with E-state index in [1.165, 1.54) is 0 Å². The van der Waals surface area contributed by atoms with E-state index < -0.39 is 0 Å². The third-order valence-corrected chi connectivity index (χ3v) is 5.14. The highest BCUT2D eigenvalue weighted by molar-refractivity contribution is 6.30. The van der Waals surface area contributed by atoms with Crippen molar-refractivity contribution in [3.8, 4) is 5.75 Å². The molecule has 2 aromatic carbocycles. The van der Waals surface area contributed by atoms with E-state index in [9.17, 15) is 4.79 Å². The second-order valence-electron chi connectivity index (χ2n) is 6.71. The van der Waals surface area contributed by atoms with Crippen molar-refractivity contribution in [2.75, 3.05) is 20.2 Å². The Hall–Kier alpha value is -2.04. The first-order valence-corrected chi connectivity index (χ1v) is 9.40. The number of carbonyl (C=O) groups excluding carboxylic acids is 1. The van der Waals surface area contributed by atoms with Crippen LogP contribution in [-0.4, -0.2) is 31.0 Å². The Labute approximate surface area is 160 Å². The molecule has 26 heavy (non-hydrogen) atoms. The first-order valence-electron chi connectivity index (χ1n) is 9.02. The van der Waals surface area contributed by atoms with E-state index in [1.54, 1.807) is 7.11 Å². The lowest BCUT2D eigenvalue weighted by atomic mass is 9.95. The van der Waals surface area contributed by atoms with Crippen LogP contribution in [0.3, 0.4) is 0 Å². The zero-order valence-corrected chi connectivity index (χ0v) is 15.8. The van der Waals surface area contributed by atoms with Crippen LogP contribution < -0.4 is 10.1 Å². The van der Waals surface area contributed by atoms with Crippen LogP contribution in [0, 0.1) is 5.92 Å². The van der Waals surface area contributed by atoms with Crippen molar-refractivity contribution in [2.24, 2.45) is 5.92 Å². The Kier molecular flexibility index (Phi) is 6.53. The first kappa shape index (κ1) is 18.7. The molecule has 1 heterocycles. The fraction of sp³-hybridized carbons (Fsp3) is 0.381. The van der Waals surface area contributed by atoms with Crippen molar-refractivity contribution in [3.63, 3.8) is 0 Å². The smallest absolute Gasteiger partial charge is 0.223 e. The van der Waals surface area contributed by atoms with Crippen LogP contribution in [0.2, 0.25) is 5.02 Å². The van der Waals surface area contributed by atoms with Gasteiger partial charge < -0.3 is 10.1 Å². The molecule has 0 aromatic heterocycles. The summed E-state index contributed by atoms with van der Waals surface area (Å²) in [4.78, 5) is 14.8. The number of benzene rings is 2. The Morgan fingerprint density at radius 2 is 1.92 bits per heavy atom. The van der Waals surface area contributed by atoms with E-state index in [4.69, 9.17) is 16.3 Å². The maximum atomic E-state index is 12.4. The van der Waals surface area contributed by atoms with Gasteiger partial charge in [0.05, 0.1) is 7.11 Å². The Balaban J connectivity index is 1.48. The van der Waals surface area contributed by atoms with Crippen LogP contribution in [0.25, 0.3) is 0 Å². The molecular weight excluding hydrogens is 348 g/mol. The van der Waals surface area contributed by atoms with Crippen molar-refractivity contribution in [2.45, 2.75) is 25.9 Å². The molecule has 1 aliphatic rings. The third-order valence-electron chi connectivity index (χ3n) is 4.90. The molecule has 3 rings (SSSR count). The summed E-state index contributed by atoms with van der Waals surface area (Å²) in [6.07, 6.45) is 1.76. The number of rotatable bonds is 6. The van der Waals surface area contributed by atoms with E-state index in [0.717, 1.165) is 54.4 Å². The number of nitrogens with one attached hydrogen (secondary N) is 1. The molecule has 0 spiro atoms. The molecule has 4 nitrogen and oxygen atoms in total. The molecule has 0 aliphatic carbocycles. The van der Waals surface area contributed by atoms with E-state index in [-0.39, 0.29) is 11.8 Å². The molecule has 0 bridgehead atoms. The van der Waals surface area contributed by atoms with Gasteiger partial charge in [-0.05, 0) is 49.7 Å². The van der Waals surface area contributed by atoms with Crippen LogP contribution in [-0.2, 0) is 17.9 Å². The SMILES string of the molecule is COc1ccc(Cl)cc1CN1CCC(C(=O)NCc2ccccc2)CC1. The molecule has 0 atom stereocenters. The van der Waals surface area contributed by atoms with Crippen molar-refractivity contribution in [1.29, 1.82) is 0 Å². The number of hydrogen-bond acceptors (Lipinski definition) is 3. The van der Waals surface area contributed by atoms with Gasteiger partial charge in [-0.15, -0.1) is 0 Å². The Bertz CT molecular complexity index is 728. The molecule has 0 radical (unpaired) electrons. The molecule has 1 fully saturated rings. The highest BCUT2D eigenvalue weighted by Gasteiger charge is 2.25. The summed E-state index contributed by atoms with van der Waals surface area (Å²) < 4.78 is 5.43. The predicted octanol–water partition coefficient (Wildman–Crippen LogP) is 3.88. The van der Waals surface area contributed by atoms with Crippen molar-refractivity contribution in [1.82, 2.24) is 10.2 Å². The van der Waals surface area contributed by atoms with Crippen LogP contribution in [0.1, 0.15) is 24.0 Å². The van der Waals surface area contributed by atoms with Gasteiger partial charge in [0.15, 0.2) is 0 Å². The number of nitrogens with zero attached hydrogens (tertiary/aromatic N) is 1. The lowest BCUT2D eigenvalue weighted by Crippen LogP contribution is -2.40. The maximum absolute atomic E-state index is 12.4. The summed E-state index contributed by atoms with van der Waals surface area (Å²) in [7, 11) is 1.68. The zero-order valence-electron chi connectivity index (χ0n) is 15.1. The molecule has 1 amide bonds. The van der Waals surface area contributed by atoms with Crippen LogP contribution in [0.4, 0.5) is 0 Å². The topological polar surface area (TPSA) is 41.6 Å². The summed E-state index contributed by atoms with van der Waals surface area (Å²) in [6.45, 7) is 3.19. The first-order chi connectivity index (χ1) is 12.7. The number of hydrogen-bond donors (Lipinski definition) is 1. The van der Waals surface area contributed by atoms with Crippen LogP contribution in [0.15, 0.2) is 48.5 Å². The molecule has 0 saturated carbocycles. The van der Waals surface area contributed by atoms with Gasteiger partial charge >= 0.3 is 0 Å². The van der Waals surface area contributed by atoms with Gasteiger partial charge in [0.2, 0.25) is 5.91 Å². The van der Waals surface area contributed by atoms with Gasteiger partial charge in [-0.1, -0.05) is 41.9 Å². The molecule has 138 valence electrons. The number of methoxy groups -OCH3 is 1. The van der Waals surface area contributed by atoms with Gasteiger partial charge in [-0.25, -0.2) is 0 Å². The monoisotopic (exact) mass is 372 g/mol. The van der Waals surface area contributed by atoms with Crippen LogP contribution >= 0.6 is 11.6 Å². The van der Waals surface area contributed by atoms with Gasteiger partial charge in [0.25, 0.3) is 0 Å². The molecule has 1 aliphatic heterocycles. The van der Waals surface area contributed by atoms with Gasteiger partial charge in [0.1, 0.15) is 5.75 Å². The second kappa shape index (κ2) is 9.06. The molecular formula is C21H25ClN2O2. The van der Waals surface area contributed by atoms with Crippen LogP contribution in [0.5, 0.6) is 5.75 Å². The van der Waals surface area contributed by atoms with Crippen molar-refractivity contribution >= 4 is 17.5 Å². The third kappa shape index (κ3) is 4.99. The molecule has 0 unspecified atom stereocenters. The standard InChI is InChI=1S/C21H25ClN2O2/c1-26-20-8-7-19(22)13-18(20)15-24-11-9-17(10-12-24)21(25)23-14-16-5-3-2-4-6-16/h2-8,13,17H,9-12,14-15H2,1H3,(H,23,25). The quantitative estimate of drug-likeness (QED) is 0.836. The number of ether oxygens (including phenoxy) is 1. The van der Waals surface area contributed by atoms with Gasteiger partial charge in [-0.3, -0.25) is 9.69 Å². The molecule has 1 N–H and O–H groups in total. The van der Waals surface area contributed by atoms with E-state index in [1.807, 2.05) is 48.5 Å². The van der Waals surface area contributed by atoms with Gasteiger partial charge in [-0.2, -0.15) is 0 Å². The summed E-state index contributed by atoms with van der Waals surface area (Å²) in [5.41, 5.74) is 2.22. The fourth-order valence-corrected chi connectivity index (χ4v) is 3.59. The van der Waals surface area contributed by atoms with E-state index >= 15 is 0 Å². The fourth-order valence-electron chi connectivity index (χ4n) is 3.39. The largest absolute Gasteiger partial charge is 0.496 e. The zero-order chi connectivity index (χ0) is 18.4. The summed E-state index contributed by atoms with van der Waals surface area (Å²) in [6, 6.07) is 15.7. The average Bonchev–Trinajstić information content (AvgIpc) is 2.68. The summed E-state index contributed by atoms with van der Waals surface area (Å²) >= 11 is 6.11. The number of halogens is 1. The predicted molar refractivity (Wildman–Crippen MR) is 104 cm³/mol. The van der Waals surface area contributed by atoms with E-state index in [0.29, 0.717) is 6.54 Å². The number of likely N-dealkylation sites (tertiary alicyclic amines) is 1. The number of carbonyl (C=O) groups is 1. The summed E-state index contributed by atoms with van der Waals surface area (Å²) in [5.74, 6) is 1.11. The Morgan fingerprint density at radius 3 is 2.62 bits per heavy atom. The molecule has 1 saturated heterocycles. The number of piperidine rings is 1. The molecule has 5 heteroatoms. The van der Waals surface area contributed by atoms with Crippen molar-refractivity contribution < 1.29 is 9.53 Å². The molecule has 2 aromatic rings. The van der Waals surface area contributed by atoms with Crippen molar-refractivity contribution in [3.05, 3.63) is 64.7 Å². The lowest BCUT2D eigenvalue weighted by molar-refractivity contribution is -0.126. The highest BCUT2D eigenvalue weighted by atomic mass is 35.5. The maximum Gasteiger partial charge on any atom is 0.223 e. The minimum absolute atomic E-state index is 0.0937. The number of amides is 1. The normalized spacial score (nSPS) is 15.6. The van der Waals surface area contributed by atoms with Gasteiger partial charge in [0, 0.05) is 29.6 Å². The highest BCUT2D eigenvalue weighted by Crippen LogP contribution is 2.26. The van der Waals surface area contributed by atoms with E-state index in [2.05, 4.69) is 10.2 Å². The Morgan fingerprint density at radius 1 is 1.19 bits per heavy atom. The minimum Gasteiger partial charge on any atom is -0.496 e. The minimum atomic E-state index is 0.0937. The second-order valence-corrected chi connectivity index (χ2v) is 7.15. The lowest BCUT2D eigenvalue weighted by Gasteiger charge is -2.31. The summed E-state index contributed by atoms with van der Waals surface area (Å²) in [5, 5.41) is 3.78.